The van der Waals surface area contributed by atoms with Crippen molar-refractivity contribution in [3.05, 3.63) is 23.9 Å². The zero-order valence-electron chi connectivity index (χ0n) is 10.3. The van der Waals surface area contributed by atoms with Crippen LogP contribution in [0.2, 0.25) is 0 Å². The summed E-state index contributed by atoms with van der Waals surface area (Å²) in [6.45, 7) is 4.12. The molecular formula is C12H15NO4S. The normalized spacial score (nSPS) is 9.89. The molecule has 0 atom stereocenters. The molecule has 18 heavy (non-hydrogen) atoms. The van der Waals surface area contributed by atoms with Gasteiger partial charge in [-0.3, -0.25) is 4.79 Å². The SMILES string of the molecule is CCOC(=O)CSc1ncccc1C(=O)OCC. The van der Waals surface area contributed by atoms with Crippen LogP contribution in [0.5, 0.6) is 0 Å². The molecule has 0 aromatic carbocycles. The molecule has 0 amide bonds. The van der Waals surface area contributed by atoms with Crippen molar-refractivity contribution < 1.29 is 19.1 Å². The molecule has 0 aliphatic rings. The van der Waals surface area contributed by atoms with Crippen LogP contribution in [0.3, 0.4) is 0 Å². The van der Waals surface area contributed by atoms with Gasteiger partial charge in [0.2, 0.25) is 0 Å². The van der Waals surface area contributed by atoms with Crippen LogP contribution in [0, 0.1) is 0 Å². The number of carbonyl (C=O) groups excluding carboxylic acids is 2. The number of nitrogens with zero attached hydrogens (tertiary/aromatic N) is 1. The number of hydrogen-bond donors (Lipinski definition) is 0. The van der Waals surface area contributed by atoms with Crippen LogP contribution in [0.15, 0.2) is 23.4 Å². The molecule has 0 N–H and O–H groups in total. The maximum atomic E-state index is 11.6. The highest BCUT2D eigenvalue weighted by molar-refractivity contribution is 8.00. The van der Waals surface area contributed by atoms with Crippen LogP contribution in [0.1, 0.15) is 24.2 Å². The van der Waals surface area contributed by atoms with E-state index in [2.05, 4.69) is 4.98 Å². The summed E-state index contributed by atoms with van der Waals surface area (Å²) in [6, 6.07) is 3.28. The van der Waals surface area contributed by atoms with E-state index < -0.39 is 5.97 Å². The summed E-state index contributed by atoms with van der Waals surface area (Å²) in [5, 5.41) is 0.476. The average molecular weight is 269 g/mol. The summed E-state index contributed by atoms with van der Waals surface area (Å²) in [5.41, 5.74) is 0.369. The first-order valence-corrected chi connectivity index (χ1v) is 6.58. The van der Waals surface area contributed by atoms with Crippen LogP contribution in [0.4, 0.5) is 0 Å². The van der Waals surface area contributed by atoms with Crippen molar-refractivity contribution in [2.45, 2.75) is 18.9 Å². The molecule has 0 aliphatic carbocycles. The van der Waals surface area contributed by atoms with Gasteiger partial charge in [0.15, 0.2) is 0 Å². The summed E-state index contributed by atoms with van der Waals surface area (Å²) in [6.07, 6.45) is 1.57. The monoisotopic (exact) mass is 269 g/mol. The van der Waals surface area contributed by atoms with Crippen LogP contribution < -0.4 is 0 Å². The summed E-state index contributed by atoms with van der Waals surface area (Å²) < 4.78 is 9.72. The van der Waals surface area contributed by atoms with E-state index in [1.807, 2.05) is 0 Å². The fourth-order valence-electron chi connectivity index (χ4n) is 1.20. The van der Waals surface area contributed by atoms with Gasteiger partial charge < -0.3 is 9.47 Å². The minimum atomic E-state index is -0.433. The lowest BCUT2D eigenvalue weighted by molar-refractivity contribution is -0.139. The lowest BCUT2D eigenvalue weighted by atomic mass is 10.3. The molecule has 98 valence electrons. The standard InChI is InChI=1S/C12H15NO4S/c1-3-16-10(14)8-18-11-9(6-5-7-13-11)12(15)17-4-2/h5-7H,3-4,8H2,1-2H3. The van der Waals surface area contributed by atoms with Gasteiger partial charge in [-0.15, -0.1) is 0 Å². The average Bonchev–Trinajstić information content (AvgIpc) is 2.37. The molecule has 0 saturated carbocycles. The third kappa shape index (κ3) is 4.37. The van der Waals surface area contributed by atoms with Gasteiger partial charge in [0.1, 0.15) is 5.03 Å². The predicted molar refractivity (Wildman–Crippen MR) is 67.6 cm³/mol. The van der Waals surface area contributed by atoms with Crippen LogP contribution in [-0.4, -0.2) is 35.9 Å². The molecule has 6 heteroatoms. The van der Waals surface area contributed by atoms with Crippen molar-refractivity contribution in [1.29, 1.82) is 0 Å². The Kier molecular flexibility index (Phi) is 6.21. The minimum Gasteiger partial charge on any atom is -0.465 e. The van der Waals surface area contributed by atoms with Gasteiger partial charge in [0.25, 0.3) is 0 Å². The summed E-state index contributed by atoms with van der Waals surface area (Å²) in [4.78, 5) is 26.9. The summed E-state index contributed by atoms with van der Waals surface area (Å²) in [5.74, 6) is -0.642. The maximum absolute atomic E-state index is 11.6. The van der Waals surface area contributed by atoms with Gasteiger partial charge in [0, 0.05) is 6.20 Å². The third-order valence-electron chi connectivity index (χ3n) is 1.90. The lowest BCUT2D eigenvalue weighted by Gasteiger charge is -2.06. The van der Waals surface area contributed by atoms with Crippen molar-refractivity contribution in [3.8, 4) is 0 Å². The van der Waals surface area contributed by atoms with E-state index in [9.17, 15) is 9.59 Å². The molecule has 0 fully saturated rings. The molecule has 1 heterocycles. The number of rotatable bonds is 6. The lowest BCUT2D eigenvalue weighted by Crippen LogP contribution is -2.10. The highest BCUT2D eigenvalue weighted by Gasteiger charge is 2.15. The van der Waals surface area contributed by atoms with E-state index in [1.165, 1.54) is 0 Å². The fraction of sp³-hybridized carbons (Fsp3) is 0.417. The predicted octanol–water partition coefficient (Wildman–Crippen LogP) is 1.91. The van der Waals surface area contributed by atoms with E-state index in [1.54, 1.807) is 32.2 Å². The largest absolute Gasteiger partial charge is 0.465 e. The van der Waals surface area contributed by atoms with E-state index in [4.69, 9.17) is 9.47 Å². The Bertz CT molecular complexity index is 422. The van der Waals surface area contributed by atoms with E-state index in [0.717, 1.165) is 11.8 Å². The first-order valence-electron chi connectivity index (χ1n) is 5.59. The van der Waals surface area contributed by atoms with Gasteiger partial charge in [-0.05, 0) is 26.0 Å². The molecule has 0 spiro atoms. The molecule has 0 saturated heterocycles. The molecule has 0 bridgehead atoms. The molecule has 1 rings (SSSR count). The molecular weight excluding hydrogens is 254 g/mol. The molecule has 1 aromatic heterocycles. The Morgan fingerprint density at radius 2 is 2.00 bits per heavy atom. The van der Waals surface area contributed by atoms with Crippen molar-refractivity contribution >= 4 is 23.7 Å². The van der Waals surface area contributed by atoms with Gasteiger partial charge in [-0.2, -0.15) is 0 Å². The van der Waals surface area contributed by atoms with Gasteiger partial charge in [-0.1, -0.05) is 11.8 Å². The number of pyridine rings is 1. The molecule has 0 radical (unpaired) electrons. The third-order valence-corrected chi connectivity index (χ3v) is 2.88. The smallest absolute Gasteiger partial charge is 0.340 e. The topological polar surface area (TPSA) is 65.5 Å². The minimum absolute atomic E-state index is 0.122. The van der Waals surface area contributed by atoms with Crippen LogP contribution in [0.25, 0.3) is 0 Å². The molecule has 0 unspecified atom stereocenters. The van der Waals surface area contributed by atoms with Gasteiger partial charge >= 0.3 is 11.9 Å². The number of esters is 2. The van der Waals surface area contributed by atoms with E-state index >= 15 is 0 Å². The second-order valence-electron chi connectivity index (χ2n) is 3.17. The second kappa shape index (κ2) is 7.71. The molecule has 0 aliphatic heterocycles. The second-order valence-corrected chi connectivity index (χ2v) is 4.13. The Morgan fingerprint density at radius 1 is 1.28 bits per heavy atom. The van der Waals surface area contributed by atoms with Crippen molar-refractivity contribution in [1.82, 2.24) is 4.98 Å². The summed E-state index contributed by atoms with van der Waals surface area (Å²) >= 11 is 1.16. The zero-order chi connectivity index (χ0) is 13.4. The van der Waals surface area contributed by atoms with Crippen molar-refractivity contribution in [3.63, 3.8) is 0 Å². The summed E-state index contributed by atoms with van der Waals surface area (Å²) in [7, 11) is 0. The Balaban J connectivity index is 2.70. The molecule has 5 nitrogen and oxygen atoms in total. The van der Waals surface area contributed by atoms with Gasteiger partial charge in [0.05, 0.1) is 24.5 Å². The maximum Gasteiger partial charge on any atom is 0.340 e. The Labute approximate surface area is 110 Å². The van der Waals surface area contributed by atoms with Gasteiger partial charge in [-0.25, -0.2) is 9.78 Å². The van der Waals surface area contributed by atoms with Crippen LogP contribution in [-0.2, 0) is 14.3 Å². The number of ether oxygens (including phenoxy) is 2. The van der Waals surface area contributed by atoms with Crippen LogP contribution >= 0.6 is 11.8 Å². The van der Waals surface area contributed by atoms with E-state index in [0.29, 0.717) is 23.8 Å². The first-order chi connectivity index (χ1) is 8.69. The quantitative estimate of drug-likeness (QED) is 0.580. The Morgan fingerprint density at radius 3 is 2.67 bits per heavy atom. The fourth-order valence-corrected chi connectivity index (χ4v) is 1.98. The highest BCUT2D eigenvalue weighted by atomic mass is 32.2. The highest BCUT2D eigenvalue weighted by Crippen LogP contribution is 2.20. The van der Waals surface area contributed by atoms with E-state index in [-0.39, 0.29) is 11.7 Å². The number of carbonyl (C=O) groups is 2. The number of aromatic nitrogens is 1. The zero-order valence-corrected chi connectivity index (χ0v) is 11.2. The number of thioether (sulfide) groups is 1. The van der Waals surface area contributed by atoms with Crippen molar-refractivity contribution in [2.75, 3.05) is 19.0 Å². The molecule has 1 aromatic rings. The Hall–Kier alpha value is -1.56. The number of hydrogen-bond acceptors (Lipinski definition) is 6. The first kappa shape index (κ1) is 14.5. The van der Waals surface area contributed by atoms with Crippen molar-refractivity contribution in [2.24, 2.45) is 0 Å².